The highest BCUT2D eigenvalue weighted by Crippen LogP contribution is 2.07. The van der Waals surface area contributed by atoms with Gasteiger partial charge in [-0.05, 0) is 41.8 Å². The first-order valence-corrected chi connectivity index (χ1v) is 8.95. The Bertz CT molecular complexity index is 783. The number of carbonyl (C=O) groups excluding carboxylic acids is 2. The monoisotopic (exact) mass is 368 g/mol. The van der Waals surface area contributed by atoms with Crippen molar-refractivity contribution in [3.8, 4) is 0 Å². The summed E-state index contributed by atoms with van der Waals surface area (Å²) in [6.45, 7) is 3.10. The van der Waals surface area contributed by atoms with Crippen LogP contribution in [0, 0.1) is 0 Å². The van der Waals surface area contributed by atoms with Gasteiger partial charge in [-0.3, -0.25) is 9.59 Å². The van der Waals surface area contributed by atoms with Crippen LogP contribution in [0.2, 0.25) is 0 Å². The van der Waals surface area contributed by atoms with Crippen LogP contribution in [-0.2, 0) is 17.8 Å². The molecule has 0 aliphatic rings. The molecule has 27 heavy (non-hydrogen) atoms. The molecule has 0 aliphatic carbocycles. The van der Waals surface area contributed by atoms with E-state index in [1.165, 1.54) is 12.1 Å². The average Bonchev–Trinajstić information content (AvgIpc) is 2.67. The molecule has 2 aromatic rings. The molecule has 0 heterocycles. The zero-order valence-corrected chi connectivity index (χ0v) is 15.3. The van der Waals surface area contributed by atoms with Gasteiger partial charge >= 0.3 is 5.97 Å². The van der Waals surface area contributed by atoms with Crippen molar-refractivity contribution in [2.45, 2.75) is 32.7 Å². The third kappa shape index (κ3) is 6.58. The van der Waals surface area contributed by atoms with E-state index in [9.17, 15) is 14.4 Å². The minimum atomic E-state index is -0.992. The first kappa shape index (κ1) is 20.2. The van der Waals surface area contributed by atoms with Gasteiger partial charge in [0.1, 0.15) is 0 Å². The van der Waals surface area contributed by atoms with E-state index in [0.717, 1.165) is 24.0 Å². The van der Waals surface area contributed by atoms with Gasteiger partial charge < -0.3 is 15.7 Å². The lowest BCUT2D eigenvalue weighted by Crippen LogP contribution is -2.25. The quantitative estimate of drug-likeness (QED) is 0.593. The summed E-state index contributed by atoms with van der Waals surface area (Å²) in [4.78, 5) is 34.8. The fourth-order valence-corrected chi connectivity index (χ4v) is 2.47. The number of hydrogen-bond acceptors (Lipinski definition) is 3. The molecule has 0 aromatic heterocycles. The lowest BCUT2D eigenvalue weighted by molar-refractivity contribution is -0.120. The summed E-state index contributed by atoms with van der Waals surface area (Å²) in [7, 11) is 0. The fourth-order valence-electron chi connectivity index (χ4n) is 2.47. The zero-order valence-electron chi connectivity index (χ0n) is 15.3. The second-order valence-electron chi connectivity index (χ2n) is 6.26. The molecule has 0 fully saturated rings. The highest BCUT2D eigenvalue weighted by molar-refractivity contribution is 5.94. The number of nitrogens with one attached hydrogen (secondary N) is 2. The lowest BCUT2D eigenvalue weighted by Gasteiger charge is -2.08. The first-order chi connectivity index (χ1) is 13.0. The Morgan fingerprint density at radius 3 is 2.04 bits per heavy atom. The minimum absolute atomic E-state index is 0.0937. The summed E-state index contributed by atoms with van der Waals surface area (Å²) in [6.07, 6.45) is 2.16. The molecule has 6 nitrogen and oxygen atoms in total. The zero-order chi connectivity index (χ0) is 19.6. The Morgan fingerprint density at radius 1 is 0.852 bits per heavy atom. The van der Waals surface area contributed by atoms with E-state index in [1.54, 1.807) is 24.3 Å². The van der Waals surface area contributed by atoms with Crippen LogP contribution in [0.5, 0.6) is 0 Å². The van der Waals surface area contributed by atoms with Gasteiger partial charge in [-0.25, -0.2) is 4.79 Å². The van der Waals surface area contributed by atoms with Gasteiger partial charge in [-0.2, -0.15) is 0 Å². The van der Waals surface area contributed by atoms with E-state index >= 15 is 0 Å². The van der Waals surface area contributed by atoms with Crippen molar-refractivity contribution in [3.05, 3.63) is 70.8 Å². The molecular weight excluding hydrogens is 344 g/mol. The minimum Gasteiger partial charge on any atom is -0.478 e. The highest BCUT2D eigenvalue weighted by Gasteiger charge is 2.07. The molecule has 142 valence electrons. The number of carboxylic acid groups (broad SMARTS) is 1. The van der Waals surface area contributed by atoms with Gasteiger partial charge in [0.25, 0.3) is 5.91 Å². The van der Waals surface area contributed by atoms with Crippen molar-refractivity contribution in [2.24, 2.45) is 0 Å². The van der Waals surface area contributed by atoms with Crippen molar-refractivity contribution in [3.63, 3.8) is 0 Å². The predicted molar refractivity (Wildman–Crippen MR) is 103 cm³/mol. The van der Waals surface area contributed by atoms with Crippen LogP contribution >= 0.6 is 0 Å². The van der Waals surface area contributed by atoms with Crippen molar-refractivity contribution in [1.29, 1.82) is 0 Å². The van der Waals surface area contributed by atoms with Crippen LogP contribution < -0.4 is 10.6 Å². The van der Waals surface area contributed by atoms with E-state index < -0.39 is 5.97 Å². The topological polar surface area (TPSA) is 95.5 Å². The number of amides is 2. The Hall–Kier alpha value is -3.15. The molecule has 0 spiro atoms. The Kier molecular flexibility index (Phi) is 7.55. The summed E-state index contributed by atoms with van der Waals surface area (Å²) < 4.78 is 0. The van der Waals surface area contributed by atoms with Crippen molar-refractivity contribution < 1.29 is 19.5 Å². The summed E-state index contributed by atoms with van der Waals surface area (Å²) >= 11 is 0. The number of hydrogen-bond donors (Lipinski definition) is 3. The molecule has 3 N–H and O–H groups in total. The maximum absolute atomic E-state index is 12.0. The normalized spacial score (nSPS) is 10.3. The van der Waals surface area contributed by atoms with Crippen LogP contribution in [0.25, 0.3) is 0 Å². The average molecular weight is 368 g/mol. The van der Waals surface area contributed by atoms with Crippen molar-refractivity contribution >= 4 is 17.8 Å². The lowest BCUT2D eigenvalue weighted by atomic mass is 10.1. The molecule has 0 atom stereocenters. The fraction of sp³-hybridized carbons (Fsp3) is 0.286. The molecule has 2 aromatic carbocycles. The molecule has 0 saturated heterocycles. The second-order valence-corrected chi connectivity index (χ2v) is 6.26. The number of carboxylic acids is 1. The van der Waals surface area contributed by atoms with Crippen molar-refractivity contribution in [1.82, 2.24) is 10.6 Å². The van der Waals surface area contributed by atoms with E-state index in [2.05, 4.69) is 17.6 Å². The van der Waals surface area contributed by atoms with E-state index in [0.29, 0.717) is 18.7 Å². The van der Waals surface area contributed by atoms with E-state index in [4.69, 9.17) is 5.11 Å². The molecule has 0 saturated carbocycles. The Morgan fingerprint density at radius 2 is 1.44 bits per heavy atom. The van der Waals surface area contributed by atoms with E-state index in [1.807, 2.05) is 12.1 Å². The largest absolute Gasteiger partial charge is 0.478 e. The maximum Gasteiger partial charge on any atom is 0.335 e. The highest BCUT2D eigenvalue weighted by atomic mass is 16.4. The first-order valence-electron chi connectivity index (χ1n) is 8.95. The van der Waals surface area contributed by atoms with Gasteiger partial charge in [-0.15, -0.1) is 0 Å². The van der Waals surface area contributed by atoms with Gasteiger partial charge in [0.15, 0.2) is 0 Å². The van der Waals surface area contributed by atoms with Crippen LogP contribution in [0.15, 0.2) is 48.5 Å². The number of benzene rings is 2. The molecule has 2 rings (SSSR count). The molecule has 0 bridgehead atoms. The van der Waals surface area contributed by atoms with Crippen LogP contribution in [0.3, 0.4) is 0 Å². The predicted octanol–water partition coefficient (Wildman–Crippen LogP) is 2.77. The summed E-state index contributed by atoms with van der Waals surface area (Å²) in [6, 6.07) is 13.3. The van der Waals surface area contributed by atoms with Crippen molar-refractivity contribution in [2.75, 3.05) is 6.54 Å². The SMILES string of the molecule is CCCCNC(=O)c1ccc(CNC(=O)Cc2ccc(C(=O)O)cc2)cc1. The van der Waals surface area contributed by atoms with Crippen LogP contribution in [0.1, 0.15) is 51.6 Å². The van der Waals surface area contributed by atoms with Gasteiger partial charge in [0.05, 0.1) is 12.0 Å². The summed E-state index contributed by atoms with van der Waals surface area (Å²) in [5.41, 5.74) is 2.43. The molecule has 0 radical (unpaired) electrons. The maximum atomic E-state index is 12.0. The van der Waals surface area contributed by atoms with Gasteiger partial charge in [-0.1, -0.05) is 37.6 Å². The van der Waals surface area contributed by atoms with Gasteiger partial charge in [0, 0.05) is 18.7 Å². The Balaban J connectivity index is 1.80. The molecule has 6 heteroatoms. The molecule has 0 unspecified atom stereocenters. The summed E-state index contributed by atoms with van der Waals surface area (Å²) in [5, 5.41) is 14.6. The third-order valence-corrected chi connectivity index (χ3v) is 4.09. The third-order valence-electron chi connectivity index (χ3n) is 4.09. The molecule has 0 aliphatic heterocycles. The van der Waals surface area contributed by atoms with Crippen LogP contribution in [-0.4, -0.2) is 29.4 Å². The van der Waals surface area contributed by atoms with Crippen LogP contribution in [0.4, 0.5) is 0 Å². The Labute approximate surface area is 158 Å². The number of carbonyl (C=O) groups is 3. The number of unbranched alkanes of at least 4 members (excludes halogenated alkanes) is 1. The number of aromatic carboxylic acids is 1. The van der Waals surface area contributed by atoms with Gasteiger partial charge in [0.2, 0.25) is 5.91 Å². The molecule has 2 amide bonds. The number of rotatable bonds is 9. The second kappa shape index (κ2) is 10.1. The van der Waals surface area contributed by atoms with E-state index in [-0.39, 0.29) is 23.8 Å². The summed E-state index contributed by atoms with van der Waals surface area (Å²) in [5.74, 6) is -1.24. The standard InChI is InChI=1S/C21H24N2O4/c1-2-3-12-22-20(25)17-8-6-16(7-9-17)14-23-19(24)13-15-4-10-18(11-5-15)21(26)27/h4-11H,2-3,12-14H2,1H3,(H,22,25)(H,23,24)(H,26,27). The smallest absolute Gasteiger partial charge is 0.335 e. The molecular formula is C21H24N2O4.